The molecule has 0 saturated heterocycles. The number of amides is 1. The molecule has 1 aromatic carbocycles. The molecule has 0 unspecified atom stereocenters. The fourth-order valence-corrected chi connectivity index (χ4v) is 2.78. The van der Waals surface area contributed by atoms with Crippen LogP contribution >= 0.6 is 34.5 Å². The van der Waals surface area contributed by atoms with Gasteiger partial charge in [-0.3, -0.25) is 4.79 Å². The predicted molar refractivity (Wildman–Crippen MR) is 87.7 cm³/mol. The summed E-state index contributed by atoms with van der Waals surface area (Å²) in [6.07, 6.45) is 1.55. The van der Waals surface area contributed by atoms with Crippen LogP contribution in [0.1, 0.15) is 9.75 Å². The molecular weight excluding hydrogens is 327 g/mol. The van der Waals surface area contributed by atoms with Crippen LogP contribution in [-0.2, 0) is 4.79 Å². The average molecular weight is 337 g/mol. The van der Waals surface area contributed by atoms with Crippen molar-refractivity contribution in [1.29, 1.82) is 5.26 Å². The lowest BCUT2D eigenvalue weighted by atomic mass is 10.2. The van der Waals surface area contributed by atoms with E-state index in [2.05, 4.69) is 5.32 Å². The van der Waals surface area contributed by atoms with Gasteiger partial charge in [-0.05, 0) is 37.3 Å². The average Bonchev–Trinajstić information content (AvgIpc) is 2.86. The smallest absolute Gasteiger partial charge is 0.266 e. The Balaban J connectivity index is 2.24. The molecule has 6 heteroatoms. The fourth-order valence-electron chi connectivity index (χ4n) is 1.61. The van der Waals surface area contributed by atoms with Crippen molar-refractivity contribution in [2.45, 2.75) is 6.92 Å². The summed E-state index contributed by atoms with van der Waals surface area (Å²) in [5, 5.41) is 12.3. The molecule has 0 fully saturated rings. The van der Waals surface area contributed by atoms with Crippen LogP contribution < -0.4 is 5.32 Å². The fraction of sp³-hybridized carbons (Fsp3) is 0.0667. The maximum atomic E-state index is 12.1. The van der Waals surface area contributed by atoms with Crippen molar-refractivity contribution in [3.63, 3.8) is 0 Å². The summed E-state index contributed by atoms with van der Waals surface area (Å²) >= 11 is 13.4. The second-order valence-corrected chi connectivity index (χ2v) is 6.28. The third-order valence-electron chi connectivity index (χ3n) is 2.61. The zero-order valence-corrected chi connectivity index (χ0v) is 13.3. The van der Waals surface area contributed by atoms with Gasteiger partial charge in [-0.25, -0.2) is 0 Å². The lowest BCUT2D eigenvalue weighted by Gasteiger charge is -2.07. The Bertz CT molecular complexity index is 759. The third-order valence-corrected chi connectivity index (χ3v) is 4.38. The standard InChI is InChI=1S/C15H10Cl2N2OS/c1-9-5-6-11(21-9)7-10(8-18)15(20)19-13-4-2-3-12(16)14(13)17/h2-7H,1H3,(H,19,20). The van der Waals surface area contributed by atoms with E-state index in [0.29, 0.717) is 10.7 Å². The first kappa shape index (κ1) is 15.6. The summed E-state index contributed by atoms with van der Waals surface area (Å²) in [6, 6.07) is 10.6. The van der Waals surface area contributed by atoms with Crippen LogP contribution in [0.25, 0.3) is 6.08 Å². The third kappa shape index (κ3) is 3.85. The summed E-state index contributed by atoms with van der Waals surface area (Å²) in [7, 11) is 0. The van der Waals surface area contributed by atoms with Crippen molar-refractivity contribution >= 4 is 52.2 Å². The van der Waals surface area contributed by atoms with E-state index < -0.39 is 5.91 Å². The van der Waals surface area contributed by atoms with Gasteiger partial charge in [0.25, 0.3) is 5.91 Å². The minimum absolute atomic E-state index is 0.00731. The highest BCUT2D eigenvalue weighted by atomic mass is 35.5. The Labute approximate surface area is 136 Å². The number of nitrogens with zero attached hydrogens (tertiary/aromatic N) is 1. The lowest BCUT2D eigenvalue weighted by Crippen LogP contribution is -2.13. The molecule has 1 heterocycles. The van der Waals surface area contributed by atoms with Gasteiger partial charge >= 0.3 is 0 Å². The molecule has 0 aliphatic rings. The SMILES string of the molecule is Cc1ccc(C=C(C#N)C(=O)Nc2cccc(Cl)c2Cl)s1. The Hall–Kier alpha value is -1.80. The molecule has 2 rings (SSSR count). The zero-order valence-electron chi connectivity index (χ0n) is 11.0. The van der Waals surface area contributed by atoms with E-state index in [4.69, 9.17) is 28.5 Å². The Kier molecular flexibility index (Phi) is 5.03. The molecule has 0 atom stereocenters. The van der Waals surface area contributed by atoms with Crippen LogP contribution in [0.2, 0.25) is 10.0 Å². The zero-order chi connectivity index (χ0) is 15.4. The van der Waals surface area contributed by atoms with Gasteiger partial charge in [-0.15, -0.1) is 11.3 Å². The number of anilines is 1. The molecule has 106 valence electrons. The first-order valence-corrected chi connectivity index (χ1v) is 7.52. The molecule has 0 saturated carbocycles. The van der Waals surface area contributed by atoms with Crippen LogP contribution in [0.15, 0.2) is 35.9 Å². The normalized spacial score (nSPS) is 11.0. The van der Waals surface area contributed by atoms with E-state index >= 15 is 0 Å². The van der Waals surface area contributed by atoms with Gasteiger partial charge in [0.1, 0.15) is 11.6 Å². The second kappa shape index (κ2) is 6.77. The van der Waals surface area contributed by atoms with Crippen molar-refractivity contribution in [1.82, 2.24) is 0 Å². The number of hydrogen-bond acceptors (Lipinski definition) is 3. The molecule has 21 heavy (non-hydrogen) atoms. The van der Waals surface area contributed by atoms with E-state index in [9.17, 15) is 4.79 Å². The topological polar surface area (TPSA) is 52.9 Å². The first-order chi connectivity index (χ1) is 10.0. The molecule has 1 amide bonds. The number of carbonyl (C=O) groups excluding carboxylic acids is 1. The summed E-state index contributed by atoms with van der Waals surface area (Å²) in [5.74, 6) is -0.521. The van der Waals surface area contributed by atoms with E-state index in [-0.39, 0.29) is 10.6 Å². The van der Waals surface area contributed by atoms with Gasteiger partial charge < -0.3 is 5.32 Å². The van der Waals surface area contributed by atoms with Gasteiger partial charge in [-0.2, -0.15) is 5.26 Å². The number of halogens is 2. The number of rotatable bonds is 3. The largest absolute Gasteiger partial charge is 0.320 e. The molecule has 2 aromatic rings. The van der Waals surface area contributed by atoms with Gasteiger partial charge in [-0.1, -0.05) is 29.3 Å². The molecule has 1 aromatic heterocycles. The number of nitrogens with one attached hydrogen (secondary N) is 1. The predicted octanol–water partition coefficient (Wildman–Crippen LogP) is 4.91. The van der Waals surface area contributed by atoms with Crippen molar-refractivity contribution in [2.75, 3.05) is 5.32 Å². The summed E-state index contributed by atoms with van der Waals surface area (Å²) in [5.41, 5.74) is 0.380. The van der Waals surface area contributed by atoms with E-state index in [1.165, 1.54) is 11.3 Å². The maximum Gasteiger partial charge on any atom is 0.266 e. The summed E-state index contributed by atoms with van der Waals surface area (Å²) in [4.78, 5) is 14.1. The quantitative estimate of drug-likeness (QED) is 0.639. The van der Waals surface area contributed by atoms with Crippen molar-refractivity contribution in [3.05, 3.63) is 55.7 Å². The van der Waals surface area contributed by atoms with Crippen LogP contribution in [0.5, 0.6) is 0 Å². The highest BCUT2D eigenvalue weighted by Crippen LogP contribution is 2.30. The summed E-state index contributed by atoms with van der Waals surface area (Å²) < 4.78 is 0. The molecule has 0 aliphatic heterocycles. The first-order valence-electron chi connectivity index (χ1n) is 5.95. The van der Waals surface area contributed by atoms with Crippen LogP contribution in [-0.4, -0.2) is 5.91 Å². The van der Waals surface area contributed by atoms with Crippen LogP contribution in [0.3, 0.4) is 0 Å². The van der Waals surface area contributed by atoms with E-state index in [1.807, 2.05) is 25.1 Å². The number of nitriles is 1. The Morgan fingerprint density at radius 3 is 2.71 bits per heavy atom. The molecule has 3 nitrogen and oxygen atoms in total. The van der Waals surface area contributed by atoms with E-state index in [0.717, 1.165) is 9.75 Å². The van der Waals surface area contributed by atoms with Crippen molar-refractivity contribution in [3.8, 4) is 6.07 Å². The number of carbonyl (C=O) groups is 1. The number of hydrogen-bond donors (Lipinski definition) is 1. The van der Waals surface area contributed by atoms with Gasteiger partial charge in [0.15, 0.2) is 0 Å². The molecular formula is C15H10Cl2N2OS. The highest BCUT2D eigenvalue weighted by Gasteiger charge is 2.13. The molecule has 0 bridgehead atoms. The number of thiophene rings is 1. The van der Waals surface area contributed by atoms with Gasteiger partial charge in [0.05, 0.1) is 15.7 Å². The van der Waals surface area contributed by atoms with Crippen molar-refractivity contribution in [2.24, 2.45) is 0 Å². The number of benzene rings is 1. The molecule has 0 aliphatic carbocycles. The maximum absolute atomic E-state index is 12.1. The number of aryl methyl sites for hydroxylation is 1. The van der Waals surface area contributed by atoms with Gasteiger partial charge in [0.2, 0.25) is 0 Å². The van der Waals surface area contributed by atoms with Gasteiger partial charge in [0, 0.05) is 9.75 Å². The van der Waals surface area contributed by atoms with Crippen LogP contribution in [0.4, 0.5) is 5.69 Å². The lowest BCUT2D eigenvalue weighted by molar-refractivity contribution is -0.112. The minimum Gasteiger partial charge on any atom is -0.320 e. The van der Waals surface area contributed by atoms with Crippen LogP contribution in [0, 0.1) is 18.3 Å². The molecule has 0 radical (unpaired) electrons. The monoisotopic (exact) mass is 336 g/mol. The van der Waals surface area contributed by atoms with E-state index in [1.54, 1.807) is 24.3 Å². The summed E-state index contributed by atoms with van der Waals surface area (Å²) in [6.45, 7) is 1.96. The highest BCUT2D eigenvalue weighted by molar-refractivity contribution is 7.12. The molecule has 0 spiro atoms. The molecule has 1 N–H and O–H groups in total. The second-order valence-electron chi connectivity index (χ2n) is 4.17. The minimum atomic E-state index is -0.521. The van der Waals surface area contributed by atoms with Crippen molar-refractivity contribution < 1.29 is 4.79 Å². The Morgan fingerprint density at radius 2 is 2.10 bits per heavy atom. The Morgan fingerprint density at radius 1 is 1.33 bits per heavy atom.